The highest BCUT2D eigenvalue weighted by molar-refractivity contribution is 14.1. The van der Waals surface area contributed by atoms with Gasteiger partial charge in [-0.15, -0.1) is 0 Å². The molecule has 0 unspecified atom stereocenters. The average Bonchev–Trinajstić information content (AvgIpc) is 2.98. The first-order chi connectivity index (χ1) is 20.6. The van der Waals surface area contributed by atoms with Gasteiger partial charge in [0.25, 0.3) is 5.91 Å². The van der Waals surface area contributed by atoms with Crippen LogP contribution in [0, 0.1) is 7.14 Å². The monoisotopic (exact) mass is 887 g/mol. The van der Waals surface area contributed by atoms with Crippen molar-refractivity contribution in [3.05, 3.63) is 119 Å². The van der Waals surface area contributed by atoms with Crippen molar-refractivity contribution in [3.63, 3.8) is 0 Å². The van der Waals surface area contributed by atoms with E-state index in [4.69, 9.17) is 9.47 Å². The molecule has 0 heterocycles. The molecule has 8 nitrogen and oxygen atoms in total. The number of hydrogen-bond donors (Lipinski definition) is 2. The molecule has 0 saturated carbocycles. The van der Waals surface area contributed by atoms with Gasteiger partial charge in [0.05, 0.1) is 21.3 Å². The van der Waals surface area contributed by atoms with Crippen LogP contribution < -0.4 is 19.6 Å². The minimum atomic E-state index is -3.97. The second-order valence-electron chi connectivity index (χ2n) is 9.23. The van der Waals surface area contributed by atoms with Crippen molar-refractivity contribution in [2.45, 2.75) is 30.9 Å². The Bertz CT molecular complexity index is 1670. The molecule has 2 N–H and O–H groups in total. The van der Waals surface area contributed by atoms with Gasteiger partial charge in [0, 0.05) is 8.04 Å². The Labute approximate surface area is 287 Å². The summed E-state index contributed by atoms with van der Waals surface area (Å²) < 4.78 is 43.4. The van der Waals surface area contributed by atoms with Crippen molar-refractivity contribution >= 4 is 83.3 Å². The van der Waals surface area contributed by atoms with Crippen LogP contribution in [0.15, 0.2) is 105 Å². The first kappa shape index (κ1) is 33.4. The number of nitrogens with zero attached hydrogens (tertiary/aromatic N) is 1. The summed E-state index contributed by atoms with van der Waals surface area (Å²) in [5.41, 5.74) is 4.97. The molecule has 0 saturated heterocycles. The van der Waals surface area contributed by atoms with E-state index < -0.39 is 22.0 Å². The van der Waals surface area contributed by atoms with Gasteiger partial charge in [0.2, 0.25) is 10.0 Å². The molecular formula is C31H28BrI2N3O5S. The van der Waals surface area contributed by atoms with Gasteiger partial charge in [0.1, 0.15) is 12.6 Å². The number of hydrogen-bond acceptors (Lipinski definition) is 6. The van der Waals surface area contributed by atoms with Crippen LogP contribution in [-0.4, -0.2) is 33.2 Å². The summed E-state index contributed by atoms with van der Waals surface area (Å²) >= 11 is 7.71. The fourth-order valence-electron chi connectivity index (χ4n) is 3.96. The number of ether oxygens (including phenoxy) is 2. The molecule has 12 heteroatoms. The Morgan fingerprint density at radius 2 is 1.65 bits per heavy atom. The van der Waals surface area contributed by atoms with Crippen molar-refractivity contribution in [3.8, 4) is 11.5 Å². The fourth-order valence-corrected chi connectivity index (χ4v) is 6.56. The standard InChI is InChI=1S/C31H28BrI2N3O5S/c1-2-41-29-18-23(16-27(34)30(29)42-20-22-8-10-24(32)11-9-22)19-35-36-31(38)28(17-21-6-4-3-5-7-21)37-43(39,40)26-14-12-25(33)13-15-26/h3-16,18-19,28,37H,2,17,20H2,1H3,(H,36,38)/b35-19-/t28-/m1/s1. The predicted octanol–water partition coefficient (Wildman–Crippen LogP) is 6.68. The van der Waals surface area contributed by atoms with Crippen LogP contribution in [0.25, 0.3) is 0 Å². The SMILES string of the molecule is CCOc1cc(/C=N\NC(=O)[C@@H](Cc2ccccc2)NS(=O)(=O)c2ccc(I)cc2)cc(I)c1OCc1ccc(Br)cc1. The molecule has 224 valence electrons. The molecular weight excluding hydrogens is 860 g/mol. The van der Waals surface area contributed by atoms with E-state index >= 15 is 0 Å². The minimum Gasteiger partial charge on any atom is -0.490 e. The van der Waals surface area contributed by atoms with Gasteiger partial charge in [-0.25, -0.2) is 13.8 Å². The number of sulfonamides is 1. The molecule has 0 aliphatic rings. The normalized spacial score (nSPS) is 12.2. The molecule has 1 atom stereocenters. The molecule has 43 heavy (non-hydrogen) atoms. The van der Waals surface area contributed by atoms with E-state index in [2.05, 4.69) is 76.4 Å². The number of benzene rings is 4. The molecule has 4 aromatic carbocycles. The predicted molar refractivity (Wildman–Crippen MR) is 188 cm³/mol. The third kappa shape index (κ3) is 9.99. The zero-order valence-corrected chi connectivity index (χ0v) is 29.7. The number of rotatable bonds is 13. The lowest BCUT2D eigenvalue weighted by Gasteiger charge is -2.17. The molecule has 1 amide bonds. The van der Waals surface area contributed by atoms with Crippen molar-refractivity contribution in [1.82, 2.24) is 10.1 Å². The maximum Gasteiger partial charge on any atom is 0.258 e. The number of hydrazone groups is 1. The van der Waals surface area contributed by atoms with Crippen LogP contribution in [0.5, 0.6) is 11.5 Å². The smallest absolute Gasteiger partial charge is 0.258 e. The Kier molecular flexibility index (Phi) is 12.4. The van der Waals surface area contributed by atoms with Crippen LogP contribution in [0.1, 0.15) is 23.6 Å². The quantitative estimate of drug-likeness (QED) is 0.0887. The number of carbonyl (C=O) groups excluding carboxylic acids is 1. The van der Waals surface area contributed by atoms with Gasteiger partial charge in [0.15, 0.2) is 11.5 Å². The van der Waals surface area contributed by atoms with E-state index in [9.17, 15) is 13.2 Å². The summed E-state index contributed by atoms with van der Waals surface area (Å²) in [4.78, 5) is 13.3. The molecule has 0 aromatic heterocycles. The Balaban J connectivity index is 1.49. The molecule has 0 aliphatic heterocycles. The number of carbonyl (C=O) groups is 1. The Morgan fingerprint density at radius 1 is 0.953 bits per heavy atom. The number of amides is 1. The van der Waals surface area contributed by atoms with E-state index in [1.54, 1.807) is 18.2 Å². The largest absolute Gasteiger partial charge is 0.490 e. The Hall–Kier alpha value is -2.53. The summed E-state index contributed by atoms with van der Waals surface area (Å²) in [5.74, 6) is 0.564. The average molecular weight is 888 g/mol. The molecule has 0 aliphatic carbocycles. The van der Waals surface area contributed by atoms with E-state index in [1.165, 1.54) is 18.3 Å². The maximum atomic E-state index is 13.2. The van der Waals surface area contributed by atoms with Crippen LogP contribution >= 0.6 is 61.1 Å². The summed E-state index contributed by atoms with van der Waals surface area (Å²) in [6.07, 6.45) is 1.62. The summed E-state index contributed by atoms with van der Waals surface area (Å²) in [5, 5.41) is 4.13. The van der Waals surface area contributed by atoms with Gasteiger partial charge in [-0.05, 0) is 124 Å². The molecule has 4 aromatic rings. The van der Waals surface area contributed by atoms with Gasteiger partial charge in [-0.2, -0.15) is 9.82 Å². The lowest BCUT2D eigenvalue weighted by atomic mass is 10.1. The van der Waals surface area contributed by atoms with Crippen molar-refractivity contribution in [2.24, 2.45) is 5.10 Å². The fraction of sp³-hybridized carbons (Fsp3) is 0.161. The highest BCUT2D eigenvalue weighted by Gasteiger charge is 2.26. The Morgan fingerprint density at radius 3 is 2.33 bits per heavy atom. The van der Waals surface area contributed by atoms with E-state index in [1.807, 2.05) is 67.6 Å². The number of nitrogens with one attached hydrogen (secondary N) is 2. The van der Waals surface area contributed by atoms with Crippen molar-refractivity contribution in [2.75, 3.05) is 6.61 Å². The van der Waals surface area contributed by atoms with Crippen LogP contribution in [0.3, 0.4) is 0 Å². The summed E-state index contributed by atoms with van der Waals surface area (Å²) in [7, 11) is -3.97. The first-order valence-corrected chi connectivity index (χ1v) is 17.6. The number of halogens is 3. The van der Waals surface area contributed by atoms with Crippen molar-refractivity contribution < 1.29 is 22.7 Å². The zero-order chi connectivity index (χ0) is 30.8. The van der Waals surface area contributed by atoms with Crippen LogP contribution in [-0.2, 0) is 27.8 Å². The van der Waals surface area contributed by atoms with Gasteiger partial charge < -0.3 is 9.47 Å². The summed E-state index contributed by atoms with van der Waals surface area (Å²) in [6, 6.07) is 26.0. The second kappa shape index (κ2) is 16.0. The molecule has 0 fully saturated rings. The lowest BCUT2D eigenvalue weighted by molar-refractivity contribution is -0.122. The molecule has 0 spiro atoms. The minimum absolute atomic E-state index is 0.0720. The topological polar surface area (TPSA) is 106 Å². The highest BCUT2D eigenvalue weighted by Crippen LogP contribution is 2.34. The van der Waals surface area contributed by atoms with E-state index in [-0.39, 0.29) is 11.3 Å². The van der Waals surface area contributed by atoms with E-state index in [0.717, 1.165) is 22.7 Å². The highest BCUT2D eigenvalue weighted by atomic mass is 127. The zero-order valence-electron chi connectivity index (χ0n) is 23.0. The van der Waals surface area contributed by atoms with Crippen LogP contribution in [0.2, 0.25) is 0 Å². The van der Waals surface area contributed by atoms with Gasteiger partial charge in [-0.1, -0.05) is 58.4 Å². The molecule has 0 radical (unpaired) electrons. The third-order valence-corrected chi connectivity index (χ3v) is 9.57. The molecule has 0 bridgehead atoms. The van der Waals surface area contributed by atoms with E-state index in [0.29, 0.717) is 30.3 Å². The second-order valence-corrected chi connectivity index (χ2v) is 14.3. The molecule has 4 rings (SSSR count). The summed E-state index contributed by atoms with van der Waals surface area (Å²) in [6.45, 7) is 2.69. The van der Waals surface area contributed by atoms with Crippen LogP contribution in [0.4, 0.5) is 0 Å². The lowest BCUT2D eigenvalue weighted by Crippen LogP contribution is -2.46. The van der Waals surface area contributed by atoms with Gasteiger partial charge in [-0.3, -0.25) is 4.79 Å². The first-order valence-electron chi connectivity index (χ1n) is 13.1. The third-order valence-electron chi connectivity index (χ3n) is 6.04. The maximum absolute atomic E-state index is 13.2. The van der Waals surface area contributed by atoms with Gasteiger partial charge >= 0.3 is 0 Å². The van der Waals surface area contributed by atoms with Crippen molar-refractivity contribution in [1.29, 1.82) is 0 Å².